The smallest absolute Gasteiger partial charge is 0.460 e. The number of nitrogens with one attached hydrogen (secondary N) is 1. The van der Waals surface area contributed by atoms with Gasteiger partial charge >= 0.3 is 41.8 Å². The van der Waals surface area contributed by atoms with Gasteiger partial charge in [0.1, 0.15) is 5.25 Å². The van der Waals surface area contributed by atoms with E-state index >= 15 is 0 Å². The predicted molar refractivity (Wildman–Crippen MR) is 100 cm³/mol. The van der Waals surface area contributed by atoms with Crippen molar-refractivity contribution >= 4 is 23.6 Å². The Bertz CT molecular complexity index is 761. The zero-order valence-corrected chi connectivity index (χ0v) is 19.2. The number of rotatable bonds is 15. The molecule has 0 aromatic rings. The largest absolute Gasteiger partial charge is 0.480 e. The van der Waals surface area contributed by atoms with Crippen molar-refractivity contribution in [2.45, 2.75) is 60.3 Å². The van der Waals surface area contributed by atoms with Crippen molar-refractivity contribution in [2.75, 3.05) is 32.9 Å². The molecule has 1 unspecified atom stereocenters. The van der Waals surface area contributed by atoms with Crippen LogP contribution in [0.5, 0.6) is 0 Å². The quantitative estimate of drug-likeness (QED) is 0.216. The molecule has 0 aliphatic heterocycles. The molecule has 1 atom stereocenters. The normalized spacial score (nSPS) is 15.2. The summed E-state index contributed by atoms with van der Waals surface area (Å²) in [4.78, 5) is 24.6. The lowest BCUT2D eigenvalue weighted by Gasteiger charge is -2.39. The van der Waals surface area contributed by atoms with E-state index in [9.17, 15) is 66.7 Å². The van der Waals surface area contributed by atoms with Crippen molar-refractivity contribution in [3.8, 4) is 0 Å². The fraction of sp³-hybridized carbons (Fsp3) is 0.882. The van der Waals surface area contributed by atoms with Gasteiger partial charge in [0, 0.05) is 25.1 Å². The van der Waals surface area contributed by atoms with Crippen LogP contribution in [0.2, 0.25) is 0 Å². The number of thioether (sulfide) groups is 1. The van der Waals surface area contributed by atoms with Crippen LogP contribution >= 0.6 is 11.8 Å². The van der Waals surface area contributed by atoms with Gasteiger partial charge in [-0.3, -0.25) is 9.59 Å². The monoisotopic (exact) mass is 580 g/mol. The molecule has 0 saturated heterocycles. The lowest BCUT2D eigenvalue weighted by Crippen LogP contribution is -2.70. The maximum atomic E-state index is 13.8. The standard InChI is InChI=1S/C17H21F13N2O3S/c1-32(2)6-3-5-31-10(33)8-9(11(34)35)36-7-4-12(18,19)13(20,21)14(22,23)15(24,25)16(26,27)17(28,29)30/h9H,3-8H2,1-2H3,(H,31,33)(H,34,35). The zero-order chi connectivity index (χ0) is 29.0. The second kappa shape index (κ2) is 11.8. The first-order chi connectivity index (χ1) is 15.9. The van der Waals surface area contributed by atoms with E-state index in [1.54, 1.807) is 19.0 Å². The van der Waals surface area contributed by atoms with Crippen molar-refractivity contribution in [3.05, 3.63) is 0 Å². The third-order valence-corrected chi connectivity index (χ3v) is 5.69. The van der Waals surface area contributed by atoms with Crippen LogP contribution in [-0.2, 0) is 9.59 Å². The third-order valence-electron chi connectivity index (χ3n) is 4.48. The van der Waals surface area contributed by atoms with Crippen LogP contribution in [0.15, 0.2) is 0 Å². The van der Waals surface area contributed by atoms with E-state index in [1.807, 2.05) is 0 Å². The molecule has 1 amide bonds. The summed E-state index contributed by atoms with van der Waals surface area (Å²) in [6, 6.07) is 0. The van der Waals surface area contributed by atoms with Crippen LogP contribution in [0.3, 0.4) is 0 Å². The average Bonchev–Trinajstić information content (AvgIpc) is 2.68. The summed E-state index contributed by atoms with van der Waals surface area (Å²) in [7, 11) is 3.41. The summed E-state index contributed by atoms with van der Waals surface area (Å²) in [6.07, 6.45) is -10.5. The van der Waals surface area contributed by atoms with Crippen molar-refractivity contribution in [1.29, 1.82) is 0 Å². The fourth-order valence-corrected chi connectivity index (χ4v) is 3.44. The van der Waals surface area contributed by atoms with Gasteiger partial charge in [0.25, 0.3) is 0 Å². The molecular formula is C17H21F13N2O3S. The first kappa shape index (κ1) is 34.3. The summed E-state index contributed by atoms with van der Waals surface area (Å²) in [5.41, 5.74) is 0. The summed E-state index contributed by atoms with van der Waals surface area (Å²) in [5.74, 6) is -41.7. The summed E-state index contributed by atoms with van der Waals surface area (Å²) in [5, 5.41) is 9.36. The number of carboxylic acids is 1. The molecule has 0 aliphatic rings. The highest BCUT2D eigenvalue weighted by Gasteiger charge is 2.90. The molecule has 2 N–H and O–H groups in total. The molecule has 0 radical (unpaired) electrons. The number of aliphatic carboxylic acids is 1. The zero-order valence-electron chi connectivity index (χ0n) is 18.4. The number of carboxylic acid groups (broad SMARTS) is 1. The van der Waals surface area contributed by atoms with Gasteiger partial charge in [0.05, 0.1) is 0 Å². The summed E-state index contributed by atoms with van der Waals surface area (Å²) in [6.45, 7) is 0.573. The van der Waals surface area contributed by atoms with Crippen LogP contribution in [-0.4, -0.2) is 95.9 Å². The molecule has 36 heavy (non-hydrogen) atoms. The van der Waals surface area contributed by atoms with Gasteiger partial charge in [-0.25, -0.2) is 0 Å². The molecule has 0 aliphatic carbocycles. The molecule has 214 valence electrons. The average molecular weight is 580 g/mol. The van der Waals surface area contributed by atoms with Crippen LogP contribution in [0.25, 0.3) is 0 Å². The molecule has 0 aromatic heterocycles. The maximum Gasteiger partial charge on any atom is 0.460 e. The highest BCUT2D eigenvalue weighted by atomic mass is 32.2. The number of halogens is 13. The van der Waals surface area contributed by atoms with Crippen molar-refractivity contribution < 1.29 is 71.8 Å². The van der Waals surface area contributed by atoms with Gasteiger partial charge < -0.3 is 15.3 Å². The molecule has 0 bridgehead atoms. The summed E-state index contributed by atoms with van der Waals surface area (Å²) >= 11 is -0.169. The minimum Gasteiger partial charge on any atom is -0.480 e. The molecule has 0 saturated carbocycles. The van der Waals surface area contributed by atoms with Gasteiger partial charge in [0.15, 0.2) is 0 Å². The molecule has 0 heterocycles. The van der Waals surface area contributed by atoms with Crippen LogP contribution < -0.4 is 5.32 Å². The van der Waals surface area contributed by atoms with Crippen LogP contribution in [0.4, 0.5) is 57.1 Å². The second-order valence-electron chi connectivity index (χ2n) is 7.66. The van der Waals surface area contributed by atoms with Gasteiger partial charge in [-0.15, -0.1) is 11.8 Å². The van der Waals surface area contributed by atoms with E-state index in [0.717, 1.165) is 0 Å². The SMILES string of the molecule is CN(C)CCCNC(=O)CC(SCCC(F)(F)C(F)(F)C(F)(F)C(F)(F)C(F)(F)C(F)(F)F)C(=O)O. The lowest BCUT2D eigenvalue weighted by molar-refractivity contribution is -0.439. The van der Waals surface area contributed by atoms with E-state index in [4.69, 9.17) is 5.11 Å². The van der Waals surface area contributed by atoms with Crippen molar-refractivity contribution in [2.24, 2.45) is 0 Å². The Morgan fingerprint density at radius 3 is 1.72 bits per heavy atom. The Morgan fingerprint density at radius 1 is 0.833 bits per heavy atom. The Balaban J connectivity index is 5.41. The molecule has 0 spiro atoms. The number of amides is 1. The lowest BCUT2D eigenvalue weighted by atomic mass is 9.93. The highest BCUT2D eigenvalue weighted by Crippen LogP contribution is 2.60. The number of hydrogen-bond donors (Lipinski definition) is 2. The Labute approximate surface area is 199 Å². The molecule has 5 nitrogen and oxygen atoms in total. The van der Waals surface area contributed by atoms with Gasteiger partial charge in [0.2, 0.25) is 5.91 Å². The number of carbonyl (C=O) groups is 2. The number of carbonyl (C=O) groups excluding carboxylic acids is 1. The fourth-order valence-electron chi connectivity index (χ4n) is 2.37. The number of hydrogen-bond acceptors (Lipinski definition) is 4. The van der Waals surface area contributed by atoms with E-state index in [-0.39, 0.29) is 18.3 Å². The third kappa shape index (κ3) is 7.44. The molecule has 19 heteroatoms. The molecular weight excluding hydrogens is 559 g/mol. The second-order valence-corrected chi connectivity index (χ2v) is 8.97. The molecule has 0 aromatic carbocycles. The topological polar surface area (TPSA) is 69.6 Å². The first-order valence-electron chi connectivity index (χ1n) is 9.58. The van der Waals surface area contributed by atoms with Gasteiger partial charge in [-0.05, 0) is 27.1 Å². The maximum absolute atomic E-state index is 13.8. The Morgan fingerprint density at radius 2 is 1.31 bits per heavy atom. The van der Waals surface area contributed by atoms with Crippen molar-refractivity contribution in [1.82, 2.24) is 10.2 Å². The van der Waals surface area contributed by atoms with E-state index in [0.29, 0.717) is 13.0 Å². The van der Waals surface area contributed by atoms with Crippen LogP contribution in [0.1, 0.15) is 19.3 Å². The van der Waals surface area contributed by atoms with E-state index in [2.05, 4.69) is 5.32 Å². The first-order valence-corrected chi connectivity index (χ1v) is 10.6. The summed E-state index contributed by atoms with van der Waals surface area (Å²) < 4.78 is 170. The Hall–Kier alpha value is -1.66. The minimum absolute atomic E-state index is 0.0597. The van der Waals surface area contributed by atoms with Crippen molar-refractivity contribution in [3.63, 3.8) is 0 Å². The molecule has 0 rings (SSSR count). The Kier molecular flexibility index (Phi) is 11.3. The van der Waals surface area contributed by atoms with E-state index in [1.165, 1.54) is 0 Å². The highest BCUT2D eigenvalue weighted by molar-refractivity contribution is 8.00. The molecule has 0 fully saturated rings. The van der Waals surface area contributed by atoms with Gasteiger partial charge in [-0.2, -0.15) is 57.1 Å². The predicted octanol–water partition coefficient (Wildman–Crippen LogP) is 4.76. The number of nitrogens with zero attached hydrogens (tertiary/aromatic N) is 1. The van der Waals surface area contributed by atoms with E-state index < -0.39 is 71.5 Å². The van der Waals surface area contributed by atoms with Gasteiger partial charge in [-0.1, -0.05) is 0 Å². The minimum atomic E-state index is -7.99. The number of alkyl halides is 13. The van der Waals surface area contributed by atoms with Crippen LogP contribution in [0, 0.1) is 0 Å².